The Morgan fingerprint density at radius 1 is 0.818 bits per heavy atom. The fourth-order valence-electron chi connectivity index (χ4n) is 4.07. The van der Waals surface area contributed by atoms with Gasteiger partial charge in [0, 0.05) is 44.0 Å². The number of aromatic nitrogens is 2. The number of piperazine rings is 1. The van der Waals surface area contributed by atoms with E-state index in [0.717, 1.165) is 13.1 Å². The molecule has 1 aromatic heterocycles. The topological polar surface area (TPSA) is 89.1 Å². The second-order valence-electron chi connectivity index (χ2n) is 8.03. The molecule has 0 bridgehead atoms. The van der Waals surface area contributed by atoms with Crippen LogP contribution >= 0.6 is 0 Å². The number of anilines is 2. The number of fused-ring (bicyclic) bond motifs is 1. The number of aryl methyl sites for hydroxylation is 2. The summed E-state index contributed by atoms with van der Waals surface area (Å²) in [5.74, 6) is 1.57. The third-order valence-corrected chi connectivity index (χ3v) is 5.69. The Labute approximate surface area is 193 Å². The van der Waals surface area contributed by atoms with Crippen LogP contribution in [-0.4, -0.2) is 68.4 Å². The molecular weight excluding hydrogens is 422 g/mol. The molecule has 9 heteroatoms. The van der Waals surface area contributed by atoms with Crippen molar-refractivity contribution < 1.29 is 19.0 Å². The molecule has 2 heterocycles. The molecule has 1 N–H and O–H groups in total. The molecule has 1 fully saturated rings. The van der Waals surface area contributed by atoms with Crippen molar-refractivity contribution in [2.45, 2.75) is 13.8 Å². The van der Waals surface area contributed by atoms with Crippen molar-refractivity contribution in [1.82, 2.24) is 14.9 Å². The monoisotopic (exact) mass is 451 g/mol. The Balaban J connectivity index is 1.49. The van der Waals surface area contributed by atoms with Gasteiger partial charge in [-0.1, -0.05) is 6.07 Å². The Morgan fingerprint density at radius 3 is 1.94 bits per heavy atom. The lowest BCUT2D eigenvalue weighted by Crippen LogP contribution is -2.50. The number of urea groups is 1. The molecule has 2 amide bonds. The van der Waals surface area contributed by atoms with Gasteiger partial charge in [0.25, 0.3) is 5.88 Å². The van der Waals surface area contributed by atoms with Crippen LogP contribution in [0.5, 0.6) is 17.4 Å². The normalized spacial score (nSPS) is 13.7. The van der Waals surface area contributed by atoms with Crippen molar-refractivity contribution in [2.24, 2.45) is 0 Å². The van der Waals surface area contributed by atoms with E-state index in [2.05, 4.69) is 52.2 Å². The number of methoxy groups -OCH3 is 3. The number of carbonyl (C=O) groups excluding carboxylic acids is 1. The number of ether oxygens (including phenoxy) is 3. The van der Waals surface area contributed by atoms with E-state index in [0.29, 0.717) is 35.6 Å². The van der Waals surface area contributed by atoms with Gasteiger partial charge in [-0.15, -0.1) is 0 Å². The third kappa shape index (κ3) is 4.72. The predicted molar refractivity (Wildman–Crippen MR) is 128 cm³/mol. The van der Waals surface area contributed by atoms with E-state index in [9.17, 15) is 4.79 Å². The Bertz CT molecular complexity index is 1150. The second kappa shape index (κ2) is 9.40. The number of nitrogens with zero attached hydrogens (tertiary/aromatic N) is 4. The minimum absolute atomic E-state index is 0.233. The average molecular weight is 452 g/mol. The van der Waals surface area contributed by atoms with E-state index in [-0.39, 0.29) is 17.7 Å². The van der Waals surface area contributed by atoms with Gasteiger partial charge in [0.1, 0.15) is 0 Å². The van der Waals surface area contributed by atoms with E-state index < -0.39 is 0 Å². The molecule has 0 unspecified atom stereocenters. The maximum absolute atomic E-state index is 13.0. The lowest BCUT2D eigenvalue weighted by atomic mass is 10.1. The smallest absolute Gasteiger partial charge is 0.323 e. The summed E-state index contributed by atoms with van der Waals surface area (Å²) in [7, 11) is 4.61. The van der Waals surface area contributed by atoms with Gasteiger partial charge in [0.2, 0.25) is 0 Å². The molecule has 0 radical (unpaired) electrons. The summed E-state index contributed by atoms with van der Waals surface area (Å²) in [6, 6.07) is 9.74. The number of hydrogen-bond acceptors (Lipinski definition) is 7. The average Bonchev–Trinajstić information content (AvgIpc) is 2.82. The number of hydrogen-bond donors (Lipinski definition) is 1. The van der Waals surface area contributed by atoms with Crippen molar-refractivity contribution in [3.63, 3.8) is 0 Å². The lowest BCUT2D eigenvalue weighted by molar-refractivity contribution is 0.208. The number of benzene rings is 2. The van der Waals surface area contributed by atoms with Crippen LogP contribution < -0.4 is 24.4 Å². The molecule has 9 nitrogen and oxygen atoms in total. The van der Waals surface area contributed by atoms with Gasteiger partial charge in [0.05, 0.1) is 32.4 Å². The van der Waals surface area contributed by atoms with E-state index in [1.54, 1.807) is 31.3 Å². The van der Waals surface area contributed by atoms with Gasteiger partial charge >= 0.3 is 6.03 Å². The van der Waals surface area contributed by atoms with E-state index in [1.165, 1.54) is 23.9 Å². The summed E-state index contributed by atoms with van der Waals surface area (Å²) in [6.07, 6.45) is 0. The minimum Gasteiger partial charge on any atom is -0.493 e. The fourth-order valence-corrected chi connectivity index (χ4v) is 4.07. The summed E-state index contributed by atoms with van der Waals surface area (Å²) in [6.45, 7) is 6.93. The molecule has 0 atom stereocenters. The SMILES string of the molecule is COc1cc2nc(NC(=O)N3CCN(c4cc(C)cc(C)c4)CC3)c(OC)nc2cc1OC. The zero-order chi connectivity index (χ0) is 23.5. The molecule has 174 valence electrons. The van der Waals surface area contributed by atoms with E-state index >= 15 is 0 Å². The quantitative estimate of drug-likeness (QED) is 0.634. The van der Waals surface area contributed by atoms with Gasteiger partial charge < -0.3 is 24.0 Å². The molecule has 0 saturated carbocycles. The standard InChI is InChI=1S/C24H29N5O4/c1-15-10-16(2)12-17(11-15)28-6-8-29(9-7-28)24(30)27-22-23(33-5)26-19-14-21(32-4)20(31-3)13-18(19)25-22/h10-14H,6-9H2,1-5H3,(H,25,27,30). The van der Waals surface area contributed by atoms with Crippen molar-refractivity contribution in [1.29, 1.82) is 0 Å². The first kappa shape index (κ1) is 22.4. The van der Waals surface area contributed by atoms with Crippen LogP contribution in [0.1, 0.15) is 11.1 Å². The van der Waals surface area contributed by atoms with Crippen LogP contribution in [0.4, 0.5) is 16.3 Å². The molecular formula is C24H29N5O4. The first-order chi connectivity index (χ1) is 15.9. The van der Waals surface area contributed by atoms with Gasteiger partial charge in [-0.25, -0.2) is 14.8 Å². The minimum atomic E-state index is -0.234. The van der Waals surface area contributed by atoms with Crippen LogP contribution in [-0.2, 0) is 0 Å². The summed E-state index contributed by atoms with van der Waals surface area (Å²) < 4.78 is 16.1. The fraction of sp³-hybridized carbons (Fsp3) is 0.375. The molecule has 1 aliphatic heterocycles. The Kier molecular flexibility index (Phi) is 6.39. The first-order valence-electron chi connectivity index (χ1n) is 10.8. The molecule has 1 aliphatic rings. The van der Waals surface area contributed by atoms with Crippen LogP contribution in [0.15, 0.2) is 30.3 Å². The maximum Gasteiger partial charge on any atom is 0.323 e. The van der Waals surface area contributed by atoms with Gasteiger partial charge in [-0.2, -0.15) is 0 Å². The largest absolute Gasteiger partial charge is 0.493 e. The highest BCUT2D eigenvalue weighted by molar-refractivity contribution is 5.91. The highest BCUT2D eigenvalue weighted by Crippen LogP contribution is 2.33. The zero-order valence-corrected chi connectivity index (χ0v) is 19.6. The van der Waals surface area contributed by atoms with Gasteiger partial charge in [-0.05, 0) is 37.1 Å². The number of nitrogens with one attached hydrogen (secondary N) is 1. The second-order valence-corrected chi connectivity index (χ2v) is 8.03. The van der Waals surface area contributed by atoms with Gasteiger partial charge in [-0.3, -0.25) is 5.32 Å². The Hall–Kier alpha value is -3.75. The van der Waals surface area contributed by atoms with Crippen molar-refractivity contribution >= 4 is 28.6 Å². The van der Waals surface area contributed by atoms with Crippen molar-refractivity contribution in [2.75, 3.05) is 57.7 Å². The molecule has 33 heavy (non-hydrogen) atoms. The first-order valence-corrected chi connectivity index (χ1v) is 10.8. The molecule has 3 aromatic rings. The molecule has 2 aromatic carbocycles. The highest BCUT2D eigenvalue weighted by atomic mass is 16.5. The van der Waals surface area contributed by atoms with E-state index in [1.807, 2.05) is 0 Å². The van der Waals surface area contributed by atoms with Crippen LogP contribution in [0.2, 0.25) is 0 Å². The van der Waals surface area contributed by atoms with Crippen LogP contribution in [0.25, 0.3) is 11.0 Å². The van der Waals surface area contributed by atoms with Crippen molar-refractivity contribution in [3.8, 4) is 17.4 Å². The predicted octanol–water partition coefficient (Wildman–Crippen LogP) is 3.63. The molecule has 0 aliphatic carbocycles. The van der Waals surface area contributed by atoms with Crippen molar-refractivity contribution in [3.05, 3.63) is 41.5 Å². The summed E-state index contributed by atoms with van der Waals surface area (Å²) >= 11 is 0. The lowest BCUT2D eigenvalue weighted by Gasteiger charge is -2.36. The third-order valence-electron chi connectivity index (χ3n) is 5.69. The zero-order valence-electron chi connectivity index (χ0n) is 19.6. The highest BCUT2D eigenvalue weighted by Gasteiger charge is 2.23. The Morgan fingerprint density at radius 2 is 1.39 bits per heavy atom. The summed E-state index contributed by atoms with van der Waals surface area (Å²) in [5, 5.41) is 2.86. The maximum atomic E-state index is 13.0. The van der Waals surface area contributed by atoms with Gasteiger partial charge in [0.15, 0.2) is 17.3 Å². The van der Waals surface area contributed by atoms with Crippen LogP contribution in [0.3, 0.4) is 0 Å². The number of rotatable bonds is 5. The molecule has 4 rings (SSSR count). The number of amides is 2. The van der Waals surface area contributed by atoms with E-state index in [4.69, 9.17) is 14.2 Å². The summed E-state index contributed by atoms with van der Waals surface area (Å²) in [5.41, 5.74) is 4.80. The number of carbonyl (C=O) groups is 1. The summed E-state index contributed by atoms with van der Waals surface area (Å²) in [4.78, 5) is 26.1. The van der Waals surface area contributed by atoms with Crippen LogP contribution in [0, 0.1) is 13.8 Å². The molecule has 0 spiro atoms. The molecule has 1 saturated heterocycles.